The Morgan fingerprint density at radius 1 is 1.50 bits per heavy atom. The van der Waals surface area contributed by atoms with E-state index in [1.807, 2.05) is 19.1 Å². The molecule has 22 heavy (non-hydrogen) atoms. The van der Waals surface area contributed by atoms with E-state index in [0.717, 1.165) is 24.1 Å². The number of nitrogens with zero attached hydrogens (tertiary/aromatic N) is 2. The largest absolute Gasteiger partial charge is 0.466 e. The molecule has 1 aromatic rings. The van der Waals surface area contributed by atoms with Crippen LogP contribution in [0.5, 0.6) is 0 Å². The molecule has 0 radical (unpaired) electrons. The molecule has 5 nitrogen and oxygen atoms in total. The van der Waals surface area contributed by atoms with Crippen LogP contribution in [0.1, 0.15) is 39.7 Å². The summed E-state index contributed by atoms with van der Waals surface area (Å²) >= 11 is 5.91. The lowest BCUT2D eigenvalue weighted by Crippen LogP contribution is -2.35. The van der Waals surface area contributed by atoms with Gasteiger partial charge in [-0.05, 0) is 51.3 Å². The molecule has 0 aliphatic carbocycles. The molecule has 0 amide bonds. The van der Waals surface area contributed by atoms with Crippen LogP contribution in [0.2, 0.25) is 5.15 Å². The zero-order valence-corrected chi connectivity index (χ0v) is 14.5. The lowest BCUT2D eigenvalue weighted by atomic mass is 9.93. The molecule has 1 atom stereocenters. The van der Waals surface area contributed by atoms with Gasteiger partial charge in [-0.25, -0.2) is 9.78 Å². The molecule has 1 unspecified atom stereocenters. The van der Waals surface area contributed by atoms with Crippen molar-refractivity contribution >= 4 is 23.3 Å². The summed E-state index contributed by atoms with van der Waals surface area (Å²) in [6.07, 6.45) is 3.38. The number of hydrogen-bond donors (Lipinski definition) is 0. The van der Waals surface area contributed by atoms with E-state index in [2.05, 4.69) is 21.8 Å². The summed E-state index contributed by atoms with van der Waals surface area (Å²) < 4.78 is 4.69. The molecule has 0 aliphatic rings. The van der Waals surface area contributed by atoms with Gasteiger partial charge in [0, 0.05) is 12.1 Å². The van der Waals surface area contributed by atoms with Crippen LogP contribution < -0.4 is 0 Å². The number of carbonyl (C=O) groups is 1. The van der Waals surface area contributed by atoms with Gasteiger partial charge in [0.2, 0.25) is 5.60 Å². The molecule has 0 N–H and O–H groups in total. The fourth-order valence-electron chi connectivity index (χ4n) is 1.99. The Kier molecular flexibility index (Phi) is 6.81. The summed E-state index contributed by atoms with van der Waals surface area (Å²) in [6.45, 7) is 7.22. The Balaban J connectivity index is 2.77. The maximum Gasteiger partial charge on any atom is 0.352 e. The summed E-state index contributed by atoms with van der Waals surface area (Å²) in [6, 6.07) is 3.78. The molecule has 1 aromatic heterocycles. The third kappa shape index (κ3) is 5.30. The van der Waals surface area contributed by atoms with E-state index in [1.54, 1.807) is 20.0 Å². The predicted molar refractivity (Wildman–Crippen MR) is 87.0 cm³/mol. The Labute approximate surface area is 136 Å². The summed E-state index contributed by atoms with van der Waals surface area (Å²) in [4.78, 5) is 20.9. The molecule has 6 heteroatoms. The van der Waals surface area contributed by atoms with Crippen LogP contribution in [-0.4, -0.2) is 29.4 Å². The first-order valence-electron chi connectivity index (χ1n) is 7.21. The topological polar surface area (TPSA) is 60.8 Å². The minimum atomic E-state index is -1.10. The second-order valence-electron chi connectivity index (χ2n) is 5.62. The third-order valence-corrected chi connectivity index (χ3v) is 3.66. The van der Waals surface area contributed by atoms with E-state index in [0.29, 0.717) is 5.15 Å². The first-order chi connectivity index (χ1) is 10.3. The Morgan fingerprint density at radius 3 is 2.73 bits per heavy atom. The Hall–Kier alpha value is -1.62. The first-order valence-corrected chi connectivity index (χ1v) is 7.59. The van der Waals surface area contributed by atoms with Gasteiger partial charge < -0.3 is 9.57 Å². The number of methoxy groups -OCH3 is 1. The number of oxime groups is 1. The van der Waals surface area contributed by atoms with Crippen molar-refractivity contribution in [2.24, 2.45) is 11.1 Å². The van der Waals surface area contributed by atoms with Gasteiger partial charge in [-0.3, -0.25) is 0 Å². The van der Waals surface area contributed by atoms with Crippen molar-refractivity contribution in [1.29, 1.82) is 0 Å². The van der Waals surface area contributed by atoms with Crippen LogP contribution in [0.4, 0.5) is 0 Å². The standard InChI is InChI=1S/C16H23ClN2O3/c1-6-13(9-12-7-8-18-14(17)10-12)11(2)19-22-16(3,4)15(20)21-5/h7-8,10,13H,6,9H2,1-5H3. The first kappa shape index (κ1) is 18.4. The van der Waals surface area contributed by atoms with Crippen LogP contribution in [0.25, 0.3) is 0 Å². The van der Waals surface area contributed by atoms with Crippen molar-refractivity contribution in [3.8, 4) is 0 Å². The smallest absolute Gasteiger partial charge is 0.352 e. The van der Waals surface area contributed by atoms with Gasteiger partial charge in [0.15, 0.2) is 0 Å². The number of pyridine rings is 1. The number of esters is 1. The van der Waals surface area contributed by atoms with E-state index >= 15 is 0 Å². The van der Waals surface area contributed by atoms with Gasteiger partial charge in [0.05, 0.1) is 12.8 Å². The number of rotatable bonds is 7. The molecular weight excluding hydrogens is 304 g/mol. The molecule has 0 spiro atoms. The fraction of sp³-hybridized carbons (Fsp3) is 0.562. The fourth-order valence-corrected chi connectivity index (χ4v) is 2.18. The molecule has 0 aliphatic heterocycles. The molecule has 0 saturated heterocycles. The molecule has 0 aromatic carbocycles. The van der Waals surface area contributed by atoms with Gasteiger partial charge >= 0.3 is 5.97 Å². The highest BCUT2D eigenvalue weighted by Gasteiger charge is 2.31. The highest BCUT2D eigenvalue weighted by molar-refractivity contribution is 6.29. The highest BCUT2D eigenvalue weighted by Crippen LogP contribution is 2.18. The van der Waals surface area contributed by atoms with Gasteiger partial charge in [-0.2, -0.15) is 0 Å². The zero-order chi connectivity index (χ0) is 16.8. The molecular formula is C16H23ClN2O3. The predicted octanol–water partition coefficient (Wildman–Crippen LogP) is 3.65. The van der Waals surface area contributed by atoms with Crippen LogP contribution in [0, 0.1) is 5.92 Å². The van der Waals surface area contributed by atoms with E-state index in [4.69, 9.17) is 16.4 Å². The lowest BCUT2D eigenvalue weighted by Gasteiger charge is -2.21. The zero-order valence-electron chi connectivity index (χ0n) is 13.7. The number of ether oxygens (including phenoxy) is 1. The van der Waals surface area contributed by atoms with Crippen LogP contribution in [-0.2, 0) is 20.8 Å². The van der Waals surface area contributed by atoms with Crippen molar-refractivity contribution in [1.82, 2.24) is 4.98 Å². The Morgan fingerprint density at radius 2 is 2.18 bits per heavy atom. The van der Waals surface area contributed by atoms with Gasteiger partial charge in [0.1, 0.15) is 5.15 Å². The van der Waals surface area contributed by atoms with E-state index in [1.165, 1.54) is 7.11 Å². The highest BCUT2D eigenvalue weighted by atomic mass is 35.5. The van der Waals surface area contributed by atoms with Crippen molar-refractivity contribution in [3.05, 3.63) is 29.0 Å². The number of hydrogen-bond acceptors (Lipinski definition) is 5. The molecule has 0 bridgehead atoms. The molecule has 122 valence electrons. The summed E-state index contributed by atoms with van der Waals surface area (Å²) in [5.41, 5.74) is 0.815. The number of aromatic nitrogens is 1. The van der Waals surface area contributed by atoms with E-state index < -0.39 is 11.6 Å². The third-order valence-electron chi connectivity index (χ3n) is 3.45. The minimum absolute atomic E-state index is 0.201. The van der Waals surface area contributed by atoms with E-state index in [9.17, 15) is 4.79 Å². The van der Waals surface area contributed by atoms with E-state index in [-0.39, 0.29) is 5.92 Å². The maximum atomic E-state index is 11.6. The number of halogens is 1. The molecule has 1 rings (SSSR count). The quantitative estimate of drug-likeness (QED) is 0.332. The summed E-state index contributed by atoms with van der Waals surface area (Å²) in [5.74, 6) is -0.259. The molecule has 0 saturated carbocycles. The monoisotopic (exact) mass is 326 g/mol. The Bertz CT molecular complexity index is 544. The van der Waals surface area contributed by atoms with Gasteiger partial charge in [-0.15, -0.1) is 0 Å². The van der Waals surface area contributed by atoms with Crippen LogP contribution in [0.3, 0.4) is 0 Å². The SMILES string of the molecule is CCC(Cc1ccnc(Cl)c1)C(C)=NOC(C)(C)C(=O)OC. The summed E-state index contributed by atoms with van der Waals surface area (Å²) in [5, 5.41) is 4.60. The van der Waals surface area contributed by atoms with Crippen molar-refractivity contribution in [2.45, 2.75) is 46.1 Å². The molecule has 1 heterocycles. The van der Waals surface area contributed by atoms with Crippen molar-refractivity contribution < 1.29 is 14.4 Å². The van der Waals surface area contributed by atoms with Crippen LogP contribution >= 0.6 is 11.6 Å². The van der Waals surface area contributed by atoms with Crippen molar-refractivity contribution in [3.63, 3.8) is 0 Å². The summed E-state index contributed by atoms with van der Waals surface area (Å²) in [7, 11) is 1.33. The second kappa shape index (κ2) is 8.13. The maximum absolute atomic E-state index is 11.6. The number of carbonyl (C=O) groups excluding carboxylic acids is 1. The molecule has 0 fully saturated rings. The lowest BCUT2D eigenvalue weighted by molar-refractivity contribution is -0.165. The minimum Gasteiger partial charge on any atom is -0.466 e. The normalized spacial score (nSPS) is 13.6. The second-order valence-corrected chi connectivity index (χ2v) is 6.01. The average molecular weight is 327 g/mol. The van der Waals surface area contributed by atoms with Gasteiger partial charge in [0.25, 0.3) is 0 Å². The van der Waals surface area contributed by atoms with Gasteiger partial charge in [-0.1, -0.05) is 23.7 Å². The average Bonchev–Trinajstić information content (AvgIpc) is 2.49. The van der Waals surface area contributed by atoms with Crippen molar-refractivity contribution in [2.75, 3.05) is 7.11 Å². The van der Waals surface area contributed by atoms with Crippen LogP contribution in [0.15, 0.2) is 23.5 Å².